The number of rotatable bonds is 5. The molecule has 0 atom stereocenters. The molecule has 0 bridgehead atoms. The van der Waals surface area contributed by atoms with Crippen LogP contribution in [0.25, 0.3) is 6.08 Å². The molecule has 4 rings (SSSR count). The number of likely N-dealkylation sites (N-methyl/N-ethyl adjacent to an activating group) is 1. The molecule has 2 heterocycles. The summed E-state index contributed by atoms with van der Waals surface area (Å²) in [6, 6.07) is 21.2. The monoisotopic (exact) mass is 422 g/mol. The molecular weight excluding hydrogens is 404 g/mol. The van der Waals surface area contributed by atoms with Crippen LogP contribution < -0.4 is 4.74 Å². The van der Waals surface area contributed by atoms with Gasteiger partial charge in [0.1, 0.15) is 11.5 Å². The lowest BCUT2D eigenvalue weighted by Crippen LogP contribution is -2.23. The Kier molecular flexibility index (Phi) is 5.78. The Morgan fingerprint density at radius 2 is 1.83 bits per heavy atom. The molecule has 0 aliphatic carbocycles. The van der Waals surface area contributed by atoms with E-state index >= 15 is 0 Å². The number of nitrogens with zero attached hydrogens (tertiary/aromatic N) is 2. The van der Waals surface area contributed by atoms with Gasteiger partial charge in [0, 0.05) is 18.0 Å². The van der Waals surface area contributed by atoms with E-state index in [0.717, 1.165) is 21.4 Å². The van der Waals surface area contributed by atoms with Gasteiger partial charge >= 0.3 is 0 Å². The topological polar surface area (TPSA) is 55.0 Å². The Hall–Kier alpha value is -2.90. The first-order valence-corrected chi connectivity index (χ1v) is 10.5. The number of hydrogen-bond acceptors (Lipinski definition) is 6. The molecule has 7 heteroatoms. The molecule has 0 saturated carbocycles. The van der Waals surface area contributed by atoms with E-state index in [2.05, 4.69) is 4.99 Å². The normalized spacial score (nSPS) is 16.8. The molecule has 3 aromatic rings. The molecule has 1 fully saturated rings. The van der Waals surface area contributed by atoms with Gasteiger partial charge in [0.05, 0.1) is 17.7 Å². The van der Waals surface area contributed by atoms with Crippen molar-refractivity contribution in [2.75, 3.05) is 14.2 Å². The summed E-state index contributed by atoms with van der Waals surface area (Å²) in [5, 5.41) is 1.40. The summed E-state index contributed by atoms with van der Waals surface area (Å²) in [7, 11) is 3.34. The average molecular weight is 423 g/mol. The lowest BCUT2D eigenvalue weighted by molar-refractivity contribution is -0.121. The zero-order valence-corrected chi connectivity index (χ0v) is 17.5. The number of amidine groups is 1. The van der Waals surface area contributed by atoms with Crippen LogP contribution in [0.1, 0.15) is 5.76 Å². The molecular formula is C22H18N2O3S2. The van der Waals surface area contributed by atoms with Crippen LogP contribution in [-0.4, -0.2) is 30.1 Å². The van der Waals surface area contributed by atoms with Crippen LogP contribution in [0.15, 0.2) is 91.0 Å². The predicted octanol–water partition coefficient (Wildman–Crippen LogP) is 5.67. The Labute approximate surface area is 177 Å². The summed E-state index contributed by atoms with van der Waals surface area (Å²) >= 11 is 2.87. The van der Waals surface area contributed by atoms with Crippen molar-refractivity contribution >= 4 is 46.4 Å². The molecule has 1 amide bonds. The molecule has 1 aromatic heterocycles. The number of aliphatic imine (C=N–C) groups is 1. The second kappa shape index (κ2) is 8.63. The van der Waals surface area contributed by atoms with E-state index in [1.807, 2.05) is 66.7 Å². The van der Waals surface area contributed by atoms with Crippen LogP contribution in [0.5, 0.6) is 5.75 Å². The van der Waals surface area contributed by atoms with E-state index in [-0.39, 0.29) is 5.91 Å². The second-order valence-electron chi connectivity index (χ2n) is 6.14. The molecule has 1 aliphatic heterocycles. The zero-order valence-electron chi connectivity index (χ0n) is 15.9. The van der Waals surface area contributed by atoms with Crippen LogP contribution >= 0.6 is 23.5 Å². The molecule has 0 radical (unpaired) electrons. The van der Waals surface area contributed by atoms with E-state index in [1.54, 1.807) is 36.9 Å². The molecule has 146 valence electrons. The maximum atomic E-state index is 12.6. The largest absolute Gasteiger partial charge is 0.497 e. The van der Waals surface area contributed by atoms with Crippen LogP contribution in [0.4, 0.5) is 5.69 Å². The number of furan rings is 1. The van der Waals surface area contributed by atoms with Gasteiger partial charge < -0.3 is 9.15 Å². The second-order valence-corrected chi connectivity index (χ2v) is 8.23. The zero-order chi connectivity index (χ0) is 20.2. The SMILES string of the molecule is COc1ccc(N=C2S/C(=C/c3ccc(Sc4ccccc4)o3)C(=O)N2C)cc1. The minimum Gasteiger partial charge on any atom is -0.497 e. The highest BCUT2D eigenvalue weighted by Crippen LogP contribution is 2.35. The van der Waals surface area contributed by atoms with Crippen LogP contribution in [0.2, 0.25) is 0 Å². The first-order valence-electron chi connectivity index (χ1n) is 8.85. The number of carbonyl (C=O) groups is 1. The number of carbonyl (C=O) groups excluding carboxylic acids is 1. The minimum atomic E-state index is -0.101. The van der Waals surface area contributed by atoms with Gasteiger partial charge in [0.15, 0.2) is 10.3 Å². The molecule has 29 heavy (non-hydrogen) atoms. The maximum Gasteiger partial charge on any atom is 0.266 e. The van der Waals surface area contributed by atoms with Crippen molar-refractivity contribution < 1.29 is 13.9 Å². The third kappa shape index (κ3) is 4.58. The van der Waals surface area contributed by atoms with E-state index in [4.69, 9.17) is 9.15 Å². The summed E-state index contributed by atoms with van der Waals surface area (Å²) in [5.74, 6) is 1.30. The van der Waals surface area contributed by atoms with Gasteiger partial charge in [-0.2, -0.15) is 0 Å². The van der Waals surface area contributed by atoms with Crippen molar-refractivity contribution in [3.05, 3.63) is 77.4 Å². The third-order valence-corrected chi connectivity index (χ3v) is 6.13. The first-order chi connectivity index (χ1) is 14.1. The number of benzene rings is 2. The van der Waals surface area contributed by atoms with Crippen molar-refractivity contribution in [2.24, 2.45) is 4.99 Å². The standard InChI is InChI=1S/C22H18N2O3S2/c1-24-21(25)19(29-22(24)23-15-8-10-16(26-2)11-9-15)14-17-12-13-20(27-17)28-18-6-4-3-5-7-18/h3-14H,1-2H3/b19-14+,23-22?. The Morgan fingerprint density at radius 1 is 1.07 bits per heavy atom. The Bertz CT molecular complexity index is 1070. The van der Waals surface area contributed by atoms with Gasteiger partial charge in [-0.25, -0.2) is 4.99 Å². The van der Waals surface area contributed by atoms with Crippen LogP contribution in [-0.2, 0) is 4.79 Å². The van der Waals surface area contributed by atoms with Crippen LogP contribution in [0.3, 0.4) is 0 Å². The maximum absolute atomic E-state index is 12.6. The summed E-state index contributed by atoms with van der Waals surface area (Å²) in [6.07, 6.45) is 1.76. The van der Waals surface area contributed by atoms with Gasteiger partial charge in [-0.1, -0.05) is 30.0 Å². The fourth-order valence-electron chi connectivity index (χ4n) is 2.62. The number of thioether (sulfide) groups is 1. The van der Waals surface area contributed by atoms with Gasteiger partial charge in [-0.05, 0) is 60.3 Å². The first kappa shape index (κ1) is 19.4. The third-order valence-electron chi connectivity index (χ3n) is 4.14. The fourth-order valence-corrected chi connectivity index (χ4v) is 4.39. The molecule has 0 spiro atoms. The highest BCUT2D eigenvalue weighted by atomic mass is 32.2. The molecule has 1 saturated heterocycles. The average Bonchev–Trinajstić information content (AvgIpc) is 3.29. The molecule has 0 unspecified atom stereocenters. The highest BCUT2D eigenvalue weighted by molar-refractivity contribution is 8.18. The summed E-state index contributed by atoms with van der Waals surface area (Å²) < 4.78 is 11.0. The molecule has 0 N–H and O–H groups in total. The quantitative estimate of drug-likeness (QED) is 0.496. The van der Waals surface area contributed by atoms with E-state index in [9.17, 15) is 4.79 Å². The van der Waals surface area contributed by atoms with E-state index in [0.29, 0.717) is 15.8 Å². The fraction of sp³-hybridized carbons (Fsp3) is 0.0909. The van der Waals surface area contributed by atoms with E-state index < -0.39 is 0 Å². The van der Waals surface area contributed by atoms with Crippen molar-refractivity contribution in [1.82, 2.24) is 4.90 Å². The lowest BCUT2D eigenvalue weighted by atomic mass is 10.3. The van der Waals surface area contributed by atoms with Crippen molar-refractivity contribution in [2.45, 2.75) is 9.99 Å². The minimum absolute atomic E-state index is 0.101. The number of hydrogen-bond donors (Lipinski definition) is 0. The van der Waals surface area contributed by atoms with Crippen LogP contribution in [0, 0.1) is 0 Å². The number of methoxy groups -OCH3 is 1. The molecule has 5 nitrogen and oxygen atoms in total. The highest BCUT2D eigenvalue weighted by Gasteiger charge is 2.30. The van der Waals surface area contributed by atoms with Crippen molar-refractivity contribution in [3.8, 4) is 5.75 Å². The Balaban J connectivity index is 1.51. The van der Waals surface area contributed by atoms with Gasteiger partial charge in [0.25, 0.3) is 5.91 Å². The summed E-state index contributed by atoms with van der Waals surface area (Å²) in [4.78, 5) is 20.4. The predicted molar refractivity (Wildman–Crippen MR) is 118 cm³/mol. The van der Waals surface area contributed by atoms with Gasteiger partial charge in [-0.15, -0.1) is 0 Å². The molecule has 1 aliphatic rings. The number of amides is 1. The Morgan fingerprint density at radius 3 is 2.55 bits per heavy atom. The summed E-state index contributed by atoms with van der Waals surface area (Å²) in [5.41, 5.74) is 0.758. The van der Waals surface area contributed by atoms with Gasteiger partial charge in [-0.3, -0.25) is 9.69 Å². The lowest BCUT2D eigenvalue weighted by Gasteiger charge is -2.07. The van der Waals surface area contributed by atoms with E-state index in [1.165, 1.54) is 11.8 Å². The number of ether oxygens (including phenoxy) is 1. The molecule has 2 aromatic carbocycles. The van der Waals surface area contributed by atoms with Gasteiger partial charge in [0.2, 0.25) is 0 Å². The van der Waals surface area contributed by atoms with Crippen molar-refractivity contribution in [1.29, 1.82) is 0 Å². The smallest absolute Gasteiger partial charge is 0.266 e. The summed E-state index contributed by atoms with van der Waals surface area (Å²) in [6.45, 7) is 0. The van der Waals surface area contributed by atoms with Crippen molar-refractivity contribution in [3.63, 3.8) is 0 Å².